The van der Waals surface area contributed by atoms with Gasteiger partial charge in [-0.3, -0.25) is 14.4 Å². The minimum Gasteiger partial charge on any atom is -0.462 e. The number of carbonyl (C=O) groups is 3. The maximum atomic E-state index is 13.1. The number of ether oxygens (including phenoxy) is 3. The van der Waals surface area contributed by atoms with Crippen molar-refractivity contribution in [1.82, 2.24) is 0 Å². The van der Waals surface area contributed by atoms with E-state index in [1.807, 2.05) is 0 Å². The van der Waals surface area contributed by atoms with Gasteiger partial charge in [0.2, 0.25) is 0 Å². The van der Waals surface area contributed by atoms with Crippen molar-refractivity contribution in [3.8, 4) is 0 Å². The van der Waals surface area contributed by atoms with Crippen LogP contribution in [0.4, 0.5) is 0 Å². The molecule has 0 amide bonds. The molecule has 0 bridgehead atoms. The summed E-state index contributed by atoms with van der Waals surface area (Å²) in [5, 5.41) is 0. The Morgan fingerprint density at radius 3 is 0.869 bits per heavy atom. The molecule has 6 heteroatoms. The van der Waals surface area contributed by atoms with Crippen LogP contribution in [0.2, 0.25) is 0 Å². The minimum absolute atomic E-state index is 0.130. The van der Waals surface area contributed by atoms with Gasteiger partial charge in [0, 0.05) is 19.3 Å². The lowest BCUT2D eigenvalue weighted by Gasteiger charge is -2.18. The summed E-state index contributed by atoms with van der Waals surface area (Å²) in [6, 6.07) is 0. The van der Waals surface area contributed by atoms with Crippen molar-refractivity contribution in [2.75, 3.05) is 13.1 Å². The Kier molecular flexibility index (Phi) is 41.3. The van der Waals surface area contributed by atoms with E-state index >= 15 is 0 Å². The maximum absolute atomic E-state index is 13.1. The molecular weight excluding hydrogens is 757 g/mol. The molecule has 6 nitrogen and oxygen atoms in total. The van der Waals surface area contributed by atoms with E-state index in [2.05, 4.69) is 45.1 Å². The molecule has 0 aliphatic heterocycles. The molecule has 1 atom stereocenters. The van der Waals surface area contributed by atoms with Gasteiger partial charge in [-0.15, -0.1) is 0 Å². The molecule has 0 spiro atoms. The third kappa shape index (κ3) is 48.8. The van der Waals surface area contributed by atoms with E-state index in [1.54, 1.807) is 0 Å². The van der Waals surface area contributed by atoms with Crippen LogP contribution in [0, 0.1) is 0 Å². The summed E-state index contributed by atoms with van der Waals surface area (Å²) in [7, 11) is 0. The molecule has 0 heterocycles. The van der Waals surface area contributed by atoms with Gasteiger partial charge in [-0.05, 0) is 70.6 Å². The number of rotatable bonds is 49. The van der Waals surface area contributed by atoms with Gasteiger partial charge in [-0.25, -0.2) is 0 Å². The van der Waals surface area contributed by atoms with E-state index in [4.69, 9.17) is 21.1 Å². The summed E-state index contributed by atoms with van der Waals surface area (Å²) >= 11 is 0. The summed E-state index contributed by atoms with van der Waals surface area (Å²) in [6.07, 6.45) is 47.6. The third-order valence-corrected chi connectivity index (χ3v) is 11.5. The second kappa shape index (κ2) is 50.5. The number of esters is 3. The first-order valence-electron chi connectivity index (χ1n) is 28.8. The zero-order valence-electron chi connectivity index (χ0n) is 45.5. The lowest BCUT2D eigenvalue weighted by molar-refractivity contribution is -0.167. The summed E-state index contributed by atoms with van der Waals surface area (Å²) in [4.78, 5) is 39.0. The fraction of sp³-hybridized carbons (Fsp3) is 0.873. The van der Waals surface area contributed by atoms with Gasteiger partial charge in [-0.2, -0.15) is 0 Å². The zero-order valence-corrected chi connectivity index (χ0v) is 40.5. The molecule has 0 aromatic heterocycles. The highest BCUT2D eigenvalue weighted by atomic mass is 16.6. The molecular formula is C55H102O6. The fourth-order valence-corrected chi connectivity index (χ4v) is 7.50. The van der Waals surface area contributed by atoms with Crippen molar-refractivity contribution >= 4 is 17.9 Å². The molecule has 0 aliphatic carbocycles. The van der Waals surface area contributed by atoms with Crippen LogP contribution in [0.3, 0.4) is 0 Å². The minimum atomic E-state index is -3.50. The van der Waals surface area contributed by atoms with Gasteiger partial charge in [0.1, 0.15) is 13.1 Å². The number of hydrogen-bond donors (Lipinski definition) is 0. The highest BCUT2D eigenvalue weighted by Crippen LogP contribution is 2.15. The van der Waals surface area contributed by atoms with Crippen molar-refractivity contribution in [2.45, 2.75) is 297 Å². The highest BCUT2D eigenvalue weighted by molar-refractivity contribution is 5.71. The second-order valence-electron chi connectivity index (χ2n) is 17.6. The van der Waals surface area contributed by atoms with Crippen LogP contribution in [0.15, 0.2) is 24.3 Å². The largest absolute Gasteiger partial charge is 0.462 e. The van der Waals surface area contributed by atoms with Crippen LogP contribution in [0.1, 0.15) is 297 Å². The van der Waals surface area contributed by atoms with Crippen LogP contribution in [-0.4, -0.2) is 37.1 Å². The van der Waals surface area contributed by atoms with Crippen LogP contribution in [0.25, 0.3) is 0 Å². The molecule has 0 aliphatic rings. The standard InChI is InChI=1S/C55H102O6/c1-4-7-10-13-16-19-22-25-27-30-33-36-39-42-45-48-54(57)60-51-52(50-59-53(56)47-44-41-38-35-32-29-24-21-18-15-12-9-6-3)61-55(58)49-46-43-40-37-34-31-28-26-23-20-17-14-11-8-5-2/h25-28,52H,4-24,29-51H2,1-3H3/b27-25+,28-26+/i50D2,51D2,52D. The quantitative estimate of drug-likeness (QED) is 0.0262. The molecule has 1 unspecified atom stereocenters. The molecule has 358 valence electrons. The number of hydrogen-bond acceptors (Lipinski definition) is 6. The second-order valence-corrected chi connectivity index (χ2v) is 17.6. The zero-order chi connectivity index (χ0) is 48.9. The van der Waals surface area contributed by atoms with E-state index in [0.717, 1.165) is 96.3 Å². The number of unbranched alkanes of at least 4 members (excludes halogenated alkanes) is 34. The molecule has 0 radical (unpaired) electrons. The van der Waals surface area contributed by atoms with Crippen molar-refractivity contribution in [3.05, 3.63) is 24.3 Å². The molecule has 0 rings (SSSR count). The van der Waals surface area contributed by atoms with Crippen LogP contribution in [0.5, 0.6) is 0 Å². The Balaban J connectivity index is 5.02. The van der Waals surface area contributed by atoms with Gasteiger partial charge in [0.05, 0.1) is 6.85 Å². The Labute approximate surface area is 386 Å². The van der Waals surface area contributed by atoms with Crippen molar-refractivity contribution in [1.29, 1.82) is 0 Å². The van der Waals surface area contributed by atoms with Gasteiger partial charge in [0.25, 0.3) is 0 Å². The van der Waals surface area contributed by atoms with Gasteiger partial charge in [0.15, 0.2) is 6.08 Å². The smallest absolute Gasteiger partial charge is 0.306 e. The molecule has 0 N–H and O–H groups in total. The van der Waals surface area contributed by atoms with Crippen LogP contribution in [-0.2, 0) is 28.6 Å². The Bertz CT molecular complexity index is 1210. The van der Waals surface area contributed by atoms with Crippen molar-refractivity contribution in [3.63, 3.8) is 0 Å². The number of carbonyl (C=O) groups excluding carboxylic acids is 3. The topological polar surface area (TPSA) is 78.9 Å². The van der Waals surface area contributed by atoms with E-state index in [9.17, 15) is 14.4 Å². The first-order valence-corrected chi connectivity index (χ1v) is 26.3. The molecule has 0 fully saturated rings. The number of allylic oxidation sites excluding steroid dienone is 4. The average Bonchev–Trinajstić information content (AvgIpc) is 3.27. The van der Waals surface area contributed by atoms with Gasteiger partial charge >= 0.3 is 17.9 Å². The first kappa shape index (κ1) is 49.9. The summed E-state index contributed by atoms with van der Waals surface area (Å²) in [5.74, 6) is -2.96. The van der Waals surface area contributed by atoms with E-state index in [1.165, 1.54) is 128 Å². The van der Waals surface area contributed by atoms with E-state index in [-0.39, 0.29) is 19.3 Å². The van der Waals surface area contributed by atoms with Crippen molar-refractivity contribution < 1.29 is 35.4 Å². The maximum Gasteiger partial charge on any atom is 0.306 e. The lowest BCUT2D eigenvalue weighted by Crippen LogP contribution is -2.30. The lowest BCUT2D eigenvalue weighted by atomic mass is 10.0. The normalized spacial score (nSPS) is 14.3. The summed E-state index contributed by atoms with van der Waals surface area (Å²) in [5.41, 5.74) is 0. The Hall–Kier alpha value is -2.11. The average molecular weight is 864 g/mol. The molecule has 0 aromatic carbocycles. The van der Waals surface area contributed by atoms with Gasteiger partial charge in [-0.1, -0.05) is 225 Å². The van der Waals surface area contributed by atoms with Gasteiger partial charge < -0.3 is 14.2 Å². The highest BCUT2D eigenvalue weighted by Gasteiger charge is 2.19. The van der Waals surface area contributed by atoms with Crippen molar-refractivity contribution in [2.24, 2.45) is 0 Å². The Morgan fingerprint density at radius 2 is 0.590 bits per heavy atom. The molecule has 0 saturated heterocycles. The summed E-state index contributed by atoms with van der Waals surface area (Å²) < 4.78 is 58.8. The van der Waals surface area contributed by atoms with E-state index in [0.29, 0.717) is 25.7 Å². The monoisotopic (exact) mass is 864 g/mol. The fourth-order valence-electron chi connectivity index (χ4n) is 7.50. The van der Waals surface area contributed by atoms with E-state index < -0.39 is 37.1 Å². The predicted octanol–water partition coefficient (Wildman–Crippen LogP) is 17.5. The first-order chi connectivity index (χ1) is 31.9. The SMILES string of the molecule is [2H]C([2H])(OC(=O)CCCCCCC/C=C/CCCCCCCC)C([2H])(OC(=O)CCCCCCC/C=C/CCCCCCCC)C([2H])([2H])OC(=O)CCCCCCCCCCCCCCC. The molecule has 0 aromatic rings. The molecule has 0 saturated carbocycles. The third-order valence-electron chi connectivity index (χ3n) is 11.5. The predicted molar refractivity (Wildman–Crippen MR) is 261 cm³/mol. The van der Waals surface area contributed by atoms with Crippen LogP contribution >= 0.6 is 0 Å². The van der Waals surface area contributed by atoms with Crippen LogP contribution < -0.4 is 0 Å². The molecule has 61 heavy (non-hydrogen) atoms. The Morgan fingerprint density at radius 1 is 0.361 bits per heavy atom. The summed E-state index contributed by atoms with van der Waals surface area (Å²) in [6.45, 7) is -0.213.